The largest absolute Gasteiger partial charge is 0.379 e. The summed E-state index contributed by atoms with van der Waals surface area (Å²) in [6, 6.07) is 3.75. The van der Waals surface area contributed by atoms with E-state index < -0.39 is 0 Å². The Hall–Kier alpha value is -1.62. The van der Waals surface area contributed by atoms with Crippen LogP contribution in [0.1, 0.15) is 24.5 Å². The van der Waals surface area contributed by atoms with E-state index in [1.165, 1.54) is 0 Å². The number of hydrogen-bond acceptors (Lipinski definition) is 4. The molecular formula is C13H18N2O3. The van der Waals surface area contributed by atoms with E-state index in [1.807, 2.05) is 19.9 Å². The lowest BCUT2D eigenvalue weighted by Gasteiger charge is -2.19. The van der Waals surface area contributed by atoms with Crippen LogP contribution in [0.3, 0.4) is 0 Å². The first-order chi connectivity index (χ1) is 8.49. The van der Waals surface area contributed by atoms with Crippen molar-refractivity contribution < 1.29 is 9.66 Å². The number of benzene rings is 1. The number of nitrogens with zero attached hydrogens (tertiary/aromatic N) is 1. The van der Waals surface area contributed by atoms with Crippen molar-refractivity contribution in [1.82, 2.24) is 0 Å². The Morgan fingerprint density at radius 1 is 1.39 bits per heavy atom. The van der Waals surface area contributed by atoms with E-state index in [0.717, 1.165) is 24.3 Å². The maximum atomic E-state index is 10.8. The van der Waals surface area contributed by atoms with Crippen LogP contribution in [-0.2, 0) is 4.74 Å². The van der Waals surface area contributed by atoms with Gasteiger partial charge in [-0.1, -0.05) is 0 Å². The molecule has 5 heteroatoms. The molecule has 2 atom stereocenters. The number of aryl methyl sites for hydroxylation is 2. The van der Waals surface area contributed by atoms with Gasteiger partial charge in [0.15, 0.2) is 0 Å². The Bertz CT molecular complexity index is 474. The van der Waals surface area contributed by atoms with Gasteiger partial charge < -0.3 is 10.1 Å². The first-order valence-corrected chi connectivity index (χ1v) is 6.13. The lowest BCUT2D eigenvalue weighted by atomic mass is 10.1. The van der Waals surface area contributed by atoms with Crippen LogP contribution in [0.5, 0.6) is 0 Å². The van der Waals surface area contributed by atoms with Crippen LogP contribution in [0.2, 0.25) is 0 Å². The summed E-state index contributed by atoms with van der Waals surface area (Å²) in [5, 5.41) is 14.3. The molecule has 5 nitrogen and oxygen atoms in total. The van der Waals surface area contributed by atoms with Crippen molar-refractivity contribution in [3.05, 3.63) is 33.4 Å². The van der Waals surface area contributed by atoms with Crippen molar-refractivity contribution in [2.24, 2.45) is 0 Å². The highest BCUT2D eigenvalue weighted by Gasteiger charge is 2.25. The topological polar surface area (TPSA) is 64.4 Å². The van der Waals surface area contributed by atoms with Crippen molar-refractivity contribution in [2.75, 3.05) is 11.9 Å². The highest BCUT2D eigenvalue weighted by molar-refractivity contribution is 5.59. The number of nitro benzene ring substituents is 1. The van der Waals surface area contributed by atoms with Crippen molar-refractivity contribution in [3.8, 4) is 0 Å². The van der Waals surface area contributed by atoms with E-state index >= 15 is 0 Å². The summed E-state index contributed by atoms with van der Waals surface area (Å²) in [7, 11) is 0. The second-order valence-electron chi connectivity index (χ2n) is 4.83. The second-order valence-corrected chi connectivity index (χ2v) is 4.83. The van der Waals surface area contributed by atoms with Crippen LogP contribution in [0.4, 0.5) is 11.4 Å². The van der Waals surface area contributed by atoms with E-state index in [4.69, 9.17) is 4.74 Å². The Balaban J connectivity index is 2.23. The summed E-state index contributed by atoms with van der Waals surface area (Å²) in [5.41, 5.74) is 2.71. The molecule has 1 aliphatic heterocycles. The van der Waals surface area contributed by atoms with Gasteiger partial charge in [-0.3, -0.25) is 10.1 Å². The molecule has 0 amide bonds. The molecule has 0 spiro atoms. The Morgan fingerprint density at radius 3 is 2.67 bits per heavy atom. The standard InChI is InChI=1S/C13H18N2O3/c1-8-7-13(15(16)17)9(2)6-12(8)14-11-4-5-18-10(11)3/h6-7,10-11,14H,4-5H2,1-3H3. The predicted octanol–water partition coefficient (Wildman–Crippen LogP) is 2.80. The van der Waals surface area contributed by atoms with Crippen molar-refractivity contribution in [2.45, 2.75) is 39.3 Å². The second kappa shape index (κ2) is 4.94. The lowest BCUT2D eigenvalue weighted by Crippen LogP contribution is -2.27. The molecule has 0 radical (unpaired) electrons. The smallest absolute Gasteiger partial charge is 0.272 e. The van der Waals surface area contributed by atoms with Crippen molar-refractivity contribution in [3.63, 3.8) is 0 Å². The Kier molecular flexibility index (Phi) is 3.52. The zero-order valence-corrected chi connectivity index (χ0v) is 10.9. The van der Waals surface area contributed by atoms with Crippen molar-refractivity contribution >= 4 is 11.4 Å². The van der Waals surface area contributed by atoms with E-state index in [-0.39, 0.29) is 22.8 Å². The number of ether oxygens (including phenoxy) is 1. The number of rotatable bonds is 3. The van der Waals surface area contributed by atoms with E-state index in [0.29, 0.717) is 5.56 Å². The van der Waals surface area contributed by atoms with E-state index in [1.54, 1.807) is 13.0 Å². The van der Waals surface area contributed by atoms with Crippen LogP contribution in [-0.4, -0.2) is 23.7 Å². The highest BCUT2D eigenvalue weighted by atomic mass is 16.6. The van der Waals surface area contributed by atoms with Crippen LogP contribution < -0.4 is 5.32 Å². The Labute approximate surface area is 106 Å². The van der Waals surface area contributed by atoms with Crippen LogP contribution in [0.15, 0.2) is 12.1 Å². The molecular weight excluding hydrogens is 232 g/mol. The quantitative estimate of drug-likeness (QED) is 0.661. The van der Waals surface area contributed by atoms with Gasteiger partial charge in [0, 0.05) is 23.9 Å². The molecule has 1 saturated heterocycles. The normalized spacial score (nSPS) is 23.1. The third-order valence-electron chi connectivity index (χ3n) is 3.46. The number of nitro groups is 1. The minimum atomic E-state index is -0.340. The minimum Gasteiger partial charge on any atom is -0.379 e. The zero-order valence-electron chi connectivity index (χ0n) is 10.9. The van der Waals surface area contributed by atoms with Gasteiger partial charge in [0.25, 0.3) is 5.69 Å². The molecule has 18 heavy (non-hydrogen) atoms. The fourth-order valence-corrected chi connectivity index (χ4v) is 2.27. The molecule has 1 heterocycles. The zero-order chi connectivity index (χ0) is 13.3. The van der Waals surface area contributed by atoms with Crippen LogP contribution in [0, 0.1) is 24.0 Å². The molecule has 98 valence electrons. The number of hydrogen-bond donors (Lipinski definition) is 1. The number of nitrogens with one attached hydrogen (secondary N) is 1. The average Bonchev–Trinajstić information content (AvgIpc) is 2.69. The SMILES string of the molecule is Cc1cc([N+](=O)[O-])c(C)cc1NC1CCOC1C. The maximum absolute atomic E-state index is 10.8. The summed E-state index contributed by atoms with van der Waals surface area (Å²) in [6.45, 7) is 6.45. The monoisotopic (exact) mass is 250 g/mol. The molecule has 0 bridgehead atoms. The van der Waals surface area contributed by atoms with Crippen LogP contribution in [0.25, 0.3) is 0 Å². The third kappa shape index (κ3) is 2.46. The lowest BCUT2D eigenvalue weighted by molar-refractivity contribution is -0.385. The van der Waals surface area contributed by atoms with Crippen molar-refractivity contribution in [1.29, 1.82) is 0 Å². The maximum Gasteiger partial charge on any atom is 0.272 e. The van der Waals surface area contributed by atoms with E-state index in [2.05, 4.69) is 5.32 Å². The Morgan fingerprint density at radius 2 is 2.11 bits per heavy atom. The van der Waals surface area contributed by atoms with Gasteiger partial charge in [-0.15, -0.1) is 0 Å². The average molecular weight is 250 g/mol. The first kappa shape index (κ1) is 12.8. The molecule has 1 aromatic rings. The molecule has 2 unspecified atom stereocenters. The molecule has 0 aliphatic carbocycles. The summed E-state index contributed by atoms with van der Waals surface area (Å²) in [4.78, 5) is 10.5. The summed E-state index contributed by atoms with van der Waals surface area (Å²) in [5.74, 6) is 0. The fourth-order valence-electron chi connectivity index (χ4n) is 2.27. The van der Waals surface area contributed by atoms with Gasteiger partial charge in [-0.2, -0.15) is 0 Å². The summed E-state index contributed by atoms with van der Waals surface area (Å²) < 4.78 is 5.50. The third-order valence-corrected chi connectivity index (χ3v) is 3.46. The van der Waals surface area contributed by atoms with Gasteiger partial charge in [0.1, 0.15) is 0 Å². The molecule has 2 rings (SSSR count). The molecule has 0 aromatic heterocycles. The predicted molar refractivity (Wildman–Crippen MR) is 70.0 cm³/mol. The number of anilines is 1. The molecule has 0 saturated carbocycles. The molecule has 1 N–H and O–H groups in total. The fraction of sp³-hybridized carbons (Fsp3) is 0.538. The molecule has 1 aliphatic rings. The highest BCUT2D eigenvalue weighted by Crippen LogP contribution is 2.28. The van der Waals surface area contributed by atoms with Gasteiger partial charge in [0.2, 0.25) is 0 Å². The molecule has 1 fully saturated rings. The van der Waals surface area contributed by atoms with E-state index in [9.17, 15) is 10.1 Å². The minimum absolute atomic E-state index is 0.175. The summed E-state index contributed by atoms with van der Waals surface area (Å²) in [6.07, 6.45) is 1.15. The first-order valence-electron chi connectivity index (χ1n) is 6.13. The van der Waals surface area contributed by atoms with Gasteiger partial charge in [-0.25, -0.2) is 0 Å². The summed E-state index contributed by atoms with van der Waals surface area (Å²) >= 11 is 0. The van der Waals surface area contributed by atoms with Gasteiger partial charge in [-0.05, 0) is 38.8 Å². The molecule has 1 aromatic carbocycles. The van der Waals surface area contributed by atoms with Crippen LogP contribution >= 0.6 is 0 Å². The van der Waals surface area contributed by atoms with Gasteiger partial charge >= 0.3 is 0 Å². The van der Waals surface area contributed by atoms with Gasteiger partial charge in [0.05, 0.1) is 17.1 Å².